The normalized spacial score (nSPS) is 30.0. The van der Waals surface area contributed by atoms with Gasteiger partial charge in [0, 0.05) is 44.4 Å². The number of aromatic nitrogens is 1. The molecule has 114 valence electrons. The molecule has 1 aliphatic heterocycles. The van der Waals surface area contributed by atoms with Crippen LogP contribution in [0.5, 0.6) is 0 Å². The van der Waals surface area contributed by atoms with Crippen LogP contribution < -0.4 is 0 Å². The average molecular weight is 290 g/mol. The highest BCUT2D eigenvalue weighted by Gasteiger charge is 2.39. The third kappa shape index (κ3) is 2.94. The number of nitrogens with zero attached hydrogens (tertiary/aromatic N) is 2. The number of ether oxygens (including phenoxy) is 1. The molecule has 5 nitrogen and oxygen atoms in total. The van der Waals surface area contributed by atoms with Gasteiger partial charge in [-0.3, -0.25) is 9.78 Å². The first kappa shape index (κ1) is 14.5. The van der Waals surface area contributed by atoms with Crippen LogP contribution in [0.3, 0.4) is 0 Å². The van der Waals surface area contributed by atoms with E-state index in [-0.39, 0.29) is 17.9 Å². The molecule has 3 rings (SSSR count). The van der Waals surface area contributed by atoms with E-state index in [0.29, 0.717) is 18.8 Å². The number of carbonyl (C=O) groups excluding carboxylic acids is 1. The van der Waals surface area contributed by atoms with E-state index in [1.54, 1.807) is 19.5 Å². The summed E-state index contributed by atoms with van der Waals surface area (Å²) in [4.78, 5) is 18.5. The van der Waals surface area contributed by atoms with E-state index in [4.69, 9.17) is 4.74 Å². The zero-order valence-electron chi connectivity index (χ0n) is 12.3. The molecule has 1 amide bonds. The van der Waals surface area contributed by atoms with Crippen molar-refractivity contribution in [2.45, 2.75) is 37.4 Å². The highest BCUT2D eigenvalue weighted by molar-refractivity contribution is 5.80. The lowest BCUT2D eigenvalue weighted by Crippen LogP contribution is -2.52. The number of methoxy groups -OCH3 is 1. The van der Waals surface area contributed by atoms with E-state index in [9.17, 15) is 9.90 Å². The van der Waals surface area contributed by atoms with Gasteiger partial charge in [-0.15, -0.1) is 0 Å². The first-order valence-electron chi connectivity index (χ1n) is 7.58. The molecule has 1 aromatic rings. The summed E-state index contributed by atoms with van der Waals surface area (Å²) in [5.41, 5.74) is 1.25. The van der Waals surface area contributed by atoms with Crippen molar-refractivity contribution < 1.29 is 14.6 Å². The van der Waals surface area contributed by atoms with E-state index in [1.807, 2.05) is 17.0 Å². The number of rotatable bonds is 3. The fraction of sp³-hybridized carbons (Fsp3) is 0.625. The van der Waals surface area contributed by atoms with Gasteiger partial charge in [0.2, 0.25) is 5.91 Å². The molecule has 1 aliphatic carbocycles. The quantitative estimate of drug-likeness (QED) is 0.908. The summed E-state index contributed by atoms with van der Waals surface area (Å²) in [6.45, 7) is 1.58. The van der Waals surface area contributed by atoms with Crippen LogP contribution in [-0.4, -0.2) is 53.3 Å². The van der Waals surface area contributed by atoms with Gasteiger partial charge in [0.1, 0.15) is 0 Å². The Bertz CT molecular complexity index is 488. The summed E-state index contributed by atoms with van der Waals surface area (Å²) in [6.07, 6.45) is 5.00. The Hall–Kier alpha value is -1.46. The zero-order valence-corrected chi connectivity index (χ0v) is 12.3. The highest BCUT2D eigenvalue weighted by atomic mass is 16.5. The Morgan fingerprint density at radius 1 is 1.33 bits per heavy atom. The van der Waals surface area contributed by atoms with Gasteiger partial charge in [-0.2, -0.15) is 0 Å². The zero-order chi connectivity index (χ0) is 14.8. The van der Waals surface area contributed by atoms with Gasteiger partial charge in [-0.05, 0) is 37.0 Å². The molecular formula is C16H22N2O3. The molecule has 0 radical (unpaired) electrons. The topological polar surface area (TPSA) is 62.7 Å². The lowest BCUT2D eigenvalue weighted by Gasteiger charge is -2.43. The molecule has 1 saturated heterocycles. The highest BCUT2D eigenvalue weighted by Crippen LogP contribution is 2.32. The van der Waals surface area contributed by atoms with Crippen molar-refractivity contribution in [2.75, 3.05) is 20.2 Å². The maximum Gasteiger partial charge on any atom is 0.225 e. The number of carbonyl (C=O) groups is 1. The minimum Gasteiger partial charge on any atom is -0.390 e. The Morgan fingerprint density at radius 2 is 2.05 bits per heavy atom. The molecule has 0 unspecified atom stereocenters. The third-order valence-electron chi connectivity index (χ3n) is 4.78. The largest absolute Gasteiger partial charge is 0.390 e. The Morgan fingerprint density at radius 3 is 2.71 bits per heavy atom. The molecule has 0 aromatic carbocycles. The molecule has 1 aromatic heterocycles. The summed E-state index contributed by atoms with van der Waals surface area (Å²) in [7, 11) is 1.60. The van der Waals surface area contributed by atoms with E-state index in [0.717, 1.165) is 19.5 Å². The van der Waals surface area contributed by atoms with Crippen LogP contribution in [0.25, 0.3) is 0 Å². The Labute approximate surface area is 124 Å². The number of aliphatic hydroxyl groups is 1. The maximum atomic E-state index is 12.5. The second kappa shape index (κ2) is 6.12. The number of aliphatic hydroxyl groups excluding tert-OH is 1. The van der Waals surface area contributed by atoms with Crippen molar-refractivity contribution in [3.8, 4) is 0 Å². The molecule has 3 atom stereocenters. The van der Waals surface area contributed by atoms with Crippen LogP contribution in [0, 0.1) is 5.92 Å². The minimum absolute atomic E-state index is 0.00302. The fourth-order valence-corrected chi connectivity index (χ4v) is 3.35. The molecule has 21 heavy (non-hydrogen) atoms. The van der Waals surface area contributed by atoms with Gasteiger partial charge in [0.25, 0.3) is 0 Å². The predicted octanol–water partition coefficient (Wildman–Crippen LogP) is 1.18. The van der Waals surface area contributed by atoms with E-state index >= 15 is 0 Å². The van der Waals surface area contributed by atoms with Crippen LogP contribution in [0.15, 0.2) is 24.5 Å². The fourth-order valence-electron chi connectivity index (χ4n) is 3.35. The van der Waals surface area contributed by atoms with Crippen molar-refractivity contribution in [1.29, 1.82) is 0 Å². The van der Waals surface area contributed by atoms with Gasteiger partial charge in [-0.25, -0.2) is 0 Å². The lowest BCUT2D eigenvalue weighted by atomic mass is 9.82. The maximum absolute atomic E-state index is 12.5. The first-order chi connectivity index (χ1) is 10.2. The molecule has 2 aliphatic rings. The van der Waals surface area contributed by atoms with Crippen molar-refractivity contribution in [3.63, 3.8) is 0 Å². The molecule has 2 fully saturated rings. The van der Waals surface area contributed by atoms with E-state index in [2.05, 4.69) is 4.98 Å². The molecule has 1 N–H and O–H groups in total. The number of pyridine rings is 1. The van der Waals surface area contributed by atoms with Crippen LogP contribution in [0.1, 0.15) is 30.7 Å². The van der Waals surface area contributed by atoms with Crippen molar-refractivity contribution in [1.82, 2.24) is 9.88 Å². The second-order valence-electron chi connectivity index (χ2n) is 6.07. The van der Waals surface area contributed by atoms with E-state index in [1.165, 1.54) is 5.56 Å². The van der Waals surface area contributed by atoms with Gasteiger partial charge >= 0.3 is 0 Å². The summed E-state index contributed by atoms with van der Waals surface area (Å²) in [5.74, 6) is 0.648. The monoisotopic (exact) mass is 290 g/mol. The van der Waals surface area contributed by atoms with Crippen molar-refractivity contribution in [2.24, 2.45) is 5.92 Å². The van der Waals surface area contributed by atoms with Crippen molar-refractivity contribution in [3.05, 3.63) is 30.1 Å². The van der Waals surface area contributed by atoms with Crippen LogP contribution in [-0.2, 0) is 9.53 Å². The number of hydrogen-bond donors (Lipinski definition) is 1. The van der Waals surface area contributed by atoms with Crippen LogP contribution >= 0.6 is 0 Å². The molecule has 5 heteroatoms. The van der Waals surface area contributed by atoms with Gasteiger partial charge in [0.05, 0.1) is 12.2 Å². The molecule has 2 heterocycles. The van der Waals surface area contributed by atoms with Gasteiger partial charge < -0.3 is 14.7 Å². The summed E-state index contributed by atoms with van der Waals surface area (Å²) in [5, 5.41) is 9.81. The number of hydrogen-bond acceptors (Lipinski definition) is 4. The predicted molar refractivity (Wildman–Crippen MR) is 77.7 cm³/mol. The third-order valence-corrected chi connectivity index (χ3v) is 4.78. The lowest BCUT2D eigenvalue weighted by molar-refractivity contribution is -0.145. The molecule has 0 spiro atoms. The first-order valence-corrected chi connectivity index (χ1v) is 7.58. The van der Waals surface area contributed by atoms with Crippen LogP contribution in [0.4, 0.5) is 0 Å². The molecule has 0 bridgehead atoms. The molecular weight excluding hydrogens is 268 g/mol. The SMILES string of the molecule is CO[C@@H]1C[C@H](C(=O)N2CC(c3ccncc3)C2)CC[C@@H]1O. The van der Waals surface area contributed by atoms with E-state index < -0.39 is 6.10 Å². The molecule has 1 saturated carbocycles. The number of amides is 1. The Kier molecular flexibility index (Phi) is 4.22. The number of likely N-dealkylation sites (tertiary alicyclic amines) is 1. The minimum atomic E-state index is -0.431. The standard InChI is InChI=1S/C16H22N2O3/c1-21-15-8-12(2-3-14(15)19)16(20)18-9-13(10-18)11-4-6-17-7-5-11/h4-7,12-15,19H,2-3,8-10H2,1H3/t12-,14+,15-/m1/s1. The van der Waals surface area contributed by atoms with Gasteiger partial charge in [-0.1, -0.05) is 0 Å². The summed E-state index contributed by atoms with van der Waals surface area (Å²) in [6, 6.07) is 4.04. The van der Waals surface area contributed by atoms with Crippen molar-refractivity contribution >= 4 is 5.91 Å². The Balaban J connectivity index is 1.54. The summed E-state index contributed by atoms with van der Waals surface area (Å²) >= 11 is 0. The average Bonchev–Trinajstić information content (AvgIpc) is 2.47. The van der Waals surface area contributed by atoms with Gasteiger partial charge in [0.15, 0.2) is 0 Å². The second-order valence-corrected chi connectivity index (χ2v) is 6.07. The summed E-state index contributed by atoms with van der Waals surface area (Å²) < 4.78 is 5.28. The van der Waals surface area contributed by atoms with Crippen LogP contribution in [0.2, 0.25) is 0 Å². The smallest absolute Gasteiger partial charge is 0.225 e.